The van der Waals surface area contributed by atoms with Crippen molar-refractivity contribution >= 4 is 27.6 Å². The lowest BCUT2D eigenvalue weighted by atomic mass is 10.1. The maximum absolute atomic E-state index is 12.4. The molecule has 27 heavy (non-hydrogen) atoms. The maximum atomic E-state index is 12.4. The molecule has 144 valence electrons. The zero-order chi connectivity index (χ0) is 20.2. The van der Waals surface area contributed by atoms with Crippen molar-refractivity contribution in [2.24, 2.45) is 0 Å². The molecule has 0 fully saturated rings. The number of carbonyl (C=O) groups excluding carboxylic acids is 1. The third-order valence-electron chi connectivity index (χ3n) is 4.06. The molecule has 2 N–H and O–H groups in total. The van der Waals surface area contributed by atoms with Gasteiger partial charge in [0, 0.05) is 24.3 Å². The Balaban J connectivity index is 2.16. The van der Waals surface area contributed by atoms with Gasteiger partial charge in [-0.2, -0.15) is 4.31 Å². The average molecular weight is 390 g/mol. The number of carboxylic acids is 1. The lowest BCUT2D eigenvalue weighted by Crippen LogP contribution is -2.33. The highest BCUT2D eigenvalue weighted by molar-refractivity contribution is 7.89. The van der Waals surface area contributed by atoms with E-state index in [2.05, 4.69) is 5.32 Å². The number of sulfonamides is 1. The monoisotopic (exact) mass is 390 g/mol. The van der Waals surface area contributed by atoms with E-state index in [1.165, 1.54) is 35.6 Å². The van der Waals surface area contributed by atoms with E-state index < -0.39 is 21.9 Å². The second kappa shape index (κ2) is 8.32. The van der Waals surface area contributed by atoms with E-state index in [0.717, 1.165) is 0 Å². The molecule has 0 aliphatic rings. The molecular formula is C19H22N2O5S. The van der Waals surface area contributed by atoms with Gasteiger partial charge < -0.3 is 10.4 Å². The van der Waals surface area contributed by atoms with Gasteiger partial charge in [-0.05, 0) is 55.8 Å². The number of carboxylic acid groups (broad SMARTS) is 1. The van der Waals surface area contributed by atoms with Gasteiger partial charge in [0.15, 0.2) is 0 Å². The molecule has 0 spiro atoms. The molecule has 0 heterocycles. The SMILES string of the molecule is CC(C)N(C)S(=O)(=O)c1ccc(C(=O)Nc2cccc(CC(=O)O)c2)cc1. The largest absolute Gasteiger partial charge is 0.481 e. The highest BCUT2D eigenvalue weighted by Gasteiger charge is 2.23. The van der Waals surface area contributed by atoms with Crippen LogP contribution in [0.4, 0.5) is 5.69 Å². The predicted molar refractivity (Wildman–Crippen MR) is 102 cm³/mol. The molecule has 1 amide bonds. The van der Waals surface area contributed by atoms with Gasteiger partial charge in [0.2, 0.25) is 10.0 Å². The number of anilines is 1. The van der Waals surface area contributed by atoms with E-state index in [-0.39, 0.29) is 17.4 Å². The first-order valence-corrected chi connectivity index (χ1v) is 9.75. The molecular weight excluding hydrogens is 368 g/mol. The Bertz CT molecular complexity index is 937. The summed E-state index contributed by atoms with van der Waals surface area (Å²) in [6, 6.07) is 12.0. The second-order valence-electron chi connectivity index (χ2n) is 6.36. The molecule has 0 aromatic heterocycles. The molecule has 0 saturated carbocycles. The molecule has 0 atom stereocenters. The molecule has 7 nitrogen and oxygen atoms in total. The Labute approximate surface area is 158 Å². The van der Waals surface area contributed by atoms with Crippen LogP contribution in [0.5, 0.6) is 0 Å². The minimum absolute atomic E-state index is 0.110. The summed E-state index contributed by atoms with van der Waals surface area (Å²) >= 11 is 0. The van der Waals surface area contributed by atoms with Crippen molar-refractivity contribution in [2.75, 3.05) is 12.4 Å². The molecule has 0 aliphatic heterocycles. The van der Waals surface area contributed by atoms with Gasteiger partial charge in [0.25, 0.3) is 5.91 Å². The lowest BCUT2D eigenvalue weighted by Gasteiger charge is -2.21. The van der Waals surface area contributed by atoms with Crippen LogP contribution in [0.2, 0.25) is 0 Å². The summed E-state index contributed by atoms with van der Waals surface area (Å²) in [5.74, 6) is -1.37. The first-order valence-electron chi connectivity index (χ1n) is 8.31. The first-order chi connectivity index (χ1) is 12.6. The topological polar surface area (TPSA) is 104 Å². The number of carbonyl (C=O) groups is 2. The fourth-order valence-corrected chi connectivity index (χ4v) is 3.73. The fourth-order valence-electron chi connectivity index (χ4n) is 2.36. The minimum atomic E-state index is -3.61. The third-order valence-corrected chi connectivity index (χ3v) is 6.11. The number of nitrogens with zero attached hydrogens (tertiary/aromatic N) is 1. The number of nitrogens with one attached hydrogen (secondary N) is 1. The summed E-state index contributed by atoms with van der Waals surface area (Å²) in [5, 5.41) is 11.5. The Kier molecular flexibility index (Phi) is 6.35. The van der Waals surface area contributed by atoms with E-state index in [0.29, 0.717) is 16.8 Å². The van der Waals surface area contributed by atoms with E-state index >= 15 is 0 Å². The normalized spacial score (nSPS) is 11.6. The first kappa shape index (κ1) is 20.6. The van der Waals surface area contributed by atoms with Crippen molar-refractivity contribution < 1.29 is 23.1 Å². The van der Waals surface area contributed by atoms with Gasteiger partial charge in [0.05, 0.1) is 11.3 Å². The Morgan fingerprint density at radius 3 is 2.30 bits per heavy atom. The van der Waals surface area contributed by atoms with Crippen LogP contribution in [0.1, 0.15) is 29.8 Å². The van der Waals surface area contributed by atoms with Crippen molar-refractivity contribution in [3.63, 3.8) is 0 Å². The van der Waals surface area contributed by atoms with E-state index in [4.69, 9.17) is 5.11 Å². The van der Waals surface area contributed by atoms with Crippen molar-refractivity contribution in [1.29, 1.82) is 0 Å². The molecule has 0 unspecified atom stereocenters. The molecule has 2 rings (SSSR count). The van der Waals surface area contributed by atoms with Crippen molar-refractivity contribution in [3.8, 4) is 0 Å². The van der Waals surface area contributed by atoms with Gasteiger partial charge in [-0.15, -0.1) is 0 Å². The summed E-state index contributed by atoms with van der Waals surface area (Å²) in [4.78, 5) is 23.3. The van der Waals surface area contributed by atoms with Crippen LogP contribution >= 0.6 is 0 Å². The van der Waals surface area contributed by atoms with Crippen molar-refractivity contribution in [1.82, 2.24) is 4.31 Å². The Hall–Kier alpha value is -2.71. The number of amides is 1. The summed E-state index contributed by atoms with van der Waals surface area (Å²) in [5.41, 5.74) is 1.33. The predicted octanol–water partition coefficient (Wildman–Crippen LogP) is 2.59. The number of hydrogen-bond donors (Lipinski definition) is 2. The molecule has 0 saturated heterocycles. The van der Waals surface area contributed by atoms with E-state index in [1.807, 2.05) is 0 Å². The Morgan fingerprint density at radius 1 is 1.11 bits per heavy atom. The average Bonchev–Trinajstić information content (AvgIpc) is 2.60. The maximum Gasteiger partial charge on any atom is 0.307 e. The Morgan fingerprint density at radius 2 is 1.74 bits per heavy atom. The number of hydrogen-bond acceptors (Lipinski definition) is 4. The quantitative estimate of drug-likeness (QED) is 0.756. The van der Waals surface area contributed by atoms with Crippen LogP contribution in [-0.2, 0) is 21.2 Å². The molecule has 2 aromatic rings. The van der Waals surface area contributed by atoms with Gasteiger partial charge in [-0.3, -0.25) is 9.59 Å². The van der Waals surface area contributed by atoms with Crippen LogP contribution in [0.3, 0.4) is 0 Å². The fraction of sp³-hybridized carbons (Fsp3) is 0.263. The molecule has 2 aromatic carbocycles. The van der Waals surface area contributed by atoms with E-state index in [9.17, 15) is 18.0 Å². The summed E-state index contributed by atoms with van der Waals surface area (Å²) in [6.07, 6.45) is -0.139. The lowest BCUT2D eigenvalue weighted by molar-refractivity contribution is -0.136. The van der Waals surface area contributed by atoms with Crippen LogP contribution in [0.25, 0.3) is 0 Å². The zero-order valence-electron chi connectivity index (χ0n) is 15.3. The highest BCUT2D eigenvalue weighted by atomic mass is 32.2. The van der Waals surface area contributed by atoms with Gasteiger partial charge in [0.1, 0.15) is 0 Å². The summed E-state index contributed by atoms with van der Waals surface area (Å²) in [6.45, 7) is 3.55. The standard InChI is InChI=1S/C19H22N2O5S/c1-13(2)21(3)27(25,26)17-9-7-15(8-10-17)19(24)20-16-6-4-5-14(11-16)12-18(22)23/h4-11,13H,12H2,1-3H3,(H,20,24)(H,22,23). The number of aliphatic carboxylic acids is 1. The minimum Gasteiger partial charge on any atom is -0.481 e. The summed E-state index contributed by atoms with van der Waals surface area (Å²) in [7, 11) is -2.11. The third kappa shape index (κ3) is 5.15. The molecule has 0 radical (unpaired) electrons. The van der Waals surface area contributed by atoms with E-state index in [1.54, 1.807) is 38.1 Å². The molecule has 0 bridgehead atoms. The molecule has 8 heteroatoms. The van der Waals surface area contributed by atoms with Crippen LogP contribution < -0.4 is 5.32 Å². The highest BCUT2D eigenvalue weighted by Crippen LogP contribution is 2.18. The second-order valence-corrected chi connectivity index (χ2v) is 8.36. The van der Waals surface area contributed by atoms with Gasteiger partial charge in [-0.1, -0.05) is 12.1 Å². The van der Waals surface area contributed by atoms with Crippen LogP contribution in [0.15, 0.2) is 53.4 Å². The van der Waals surface area contributed by atoms with Crippen LogP contribution in [0, 0.1) is 0 Å². The number of benzene rings is 2. The zero-order valence-corrected chi connectivity index (χ0v) is 16.2. The van der Waals surface area contributed by atoms with Crippen molar-refractivity contribution in [2.45, 2.75) is 31.2 Å². The smallest absolute Gasteiger partial charge is 0.307 e. The molecule has 0 aliphatic carbocycles. The number of rotatable bonds is 7. The summed E-state index contributed by atoms with van der Waals surface area (Å²) < 4.78 is 26.2. The van der Waals surface area contributed by atoms with Crippen molar-refractivity contribution in [3.05, 3.63) is 59.7 Å². The van der Waals surface area contributed by atoms with Gasteiger partial charge >= 0.3 is 5.97 Å². The van der Waals surface area contributed by atoms with Crippen LogP contribution in [-0.4, -0.2) is 42.8 Å². The van der Waals surface area contributed by atoms with Gasteiger partial charge in [-0.25, -0.2) is 8.42 Å².